The highest BCUT2D eigenvalue weighted by Gasteiger charge is 2.12. The van der Waals surface area contributed by atoms with Gasteiger partial charge in [0.1, 0.15) is 10.8 Å². The second-order valence-electron chi connectivity index (χ2n) is 5.11. The van der Waals surface area contributed by atoms with Crippen LogP contribution < -0.4 is 4.74 Å². The number of ether oxygens (including phenoxy) is 1. The van der Waals surface area contributed by atoms with Crippen LogP contribution in [0.15, 0.2) is 47.6 Å². The van der Waals surface area contributed by atoms with Gasteiger partial charge >= 0.3 is 0 Å². The number of hydrogen-bond donors (Lipinski definition) is 1. The Labute approximate surface area is 157 Å². The number of benzene rings is 2. The zero-order valence-corrected chi connectivity index (χ0v) is 15.0. The Morgan fingerprint density at radius 3 is 2.92 bits per heavy atom. The van der Waals surface area contributed by atoms with E-state index in [1.54, 1.807) is 19.2 Å². The van der Waals surface area contributed by atoms with Crippen molar-refractivity contribution in [3.63, 3.8) is 0 Å². The number of nitro groups is 1. The number of aromatic amines is 1. The van der Waals surface area contributed by atoms with E-state index in [2.05, 4.69) is 15.3 Å². The van der Waals surface area contributed by atoms with Crippen LogP contribution in [0.25, 0.3) is 11.4 Å². The summed E-state index contributed by atoms with van der Waals surface area (Å²) in [6, 6.07) is 11.7. The average Bonchev–Trinajstić information content (AvgIpc) is 3.01. The van der Waals surface area contributed by atoms with E-state index in [9.17, 15) is 10.1 Å². The molecule has 0 aliphatic rings. The summed E-state index contributed by atoms with van der Waals surface area (Å²) >= 11 is 11.0. The molecule has 0 spiro atoms. The second-order valence-corrected chi connectivity index (χ2v) is 5.90. The maximum Gasteiger partial charge on any atom is 0.288 e. The molecule has 0 amide bonds. The molecule has 1 N–H and O–H groups in total. The van der Waals surface area contributed by atoms with Crippen LogP contribution in [0.1, 0.15) is 5.56 Å². The minimum Gasteiger partial charge on any atom is -0.497 e. The molecular formula is C16H12ClN5O3S. The minimum atomic E-state index is -0.551. The third kappa shape index (κ3) is 3.63. The van der Waals surface area contributed by atoms with Crippen molar-refractivity contribution in [1.82, 2.24) is 14.9 Å². The first kappa shape index (κ1) is 17.8. The molecule has 3 rings (SSSR count). The Hall–Kier alpha value is -3.04. The molecule has 26 heavy (non-hydrogen) atoms. The highest BCUT2D eigenvalue weighted by atomic mass is 35.5. The van der Waals surface area contributed by atoms with Gasteiger partial charge in [-0.15, -0.1) is 0 Å². The van der Waals surface area contributed by atoms with Gasteiger partial charge in [-0.1, -0.05) is 29.8 Å². The summed E-state index contributed by atoms with van der Waals surface area (Å²) in [4.78, 5) is 10.4. The molecule has 0 bridgehead atoms. The average molecular weight is 390 g/mol. The molecule has 132 valence electrons. The highest BCUT2D eigenvalue weighted by molar-refractivity contribution is 7.71. The zero-order chi connectivity index (χ0) is 18.7. The molecule has 0 aliphatic heterocycles. The maximum atomic E-state index is 11.0. The summed E-state index contributed by atoms with van der Waals surface area (Å²) in [7, 11) is 1.57. The van der Waals surface area contributed by atoms with Crippen LogP contribution in [0.4, 0.5) is 5.69 Å². The van der Waals surface area contributed by atoms with E-state index in [1.807, 2.05) is 18.2 Å². The van der Waals surface area contributed by atoms with Crippen molar-refractivity contribution in [1.29, 1.82) is 0 Å². The van der Waals surface area contributed by atoms with Crippen molar-refractivity contribution < 1.29 is 9.66 Å². The van der Waals surface area contributed by atoms with Crippen LogP contribution in [0, 0.1) is 14.9 Å². The summed E-state index contributed by atoms with van der Waals surface area (Å²) in [5, 5.41) is 22.2. The number of nitrogens with zero attached hydrogens (tertiary/aromatic N) is 4. The number of aromatic nitrogens is 3. The lowest BCUT2D eigenvalue weighted by Gasteiger charge is -2.04. The molecule has 1 heterocycles. The lowest BCUT2D eigenvalue weighted by molar-refractivity contribution is -0.384. The molecule has 0 atom stereocenters. The summed E-state index contributed by atoms with van der Waals surface area (Å²) in [6.07, 6.45) is 1.44. The molecule has 0 fully saturated rings. The fourth-order valence-electron chi connectivity index (χ4n) is 2.22. The monoisotopic (exact) mass is 389 g/mol. The summed E-state index contributed by atoms with van der Waals surface area (Å²) in [5.41, 5.74) is 1.05. The van der Waals surface area contributed by atoms with Gasteiger partial charge in [0.25, 0.3) is 5.69 Å². The molecule has 0 radical (unpaired) electrons. The van der Waals surface area contributed by atoms with Gasteiger partial charge in [-0.3, -0.25) is 10.1 Å². The van der Waals surface area contributed by atoms with Crippen molar-refractivity contribution in [2.45, 2.75) is 0 Å². The standard InChI is InChI=1S/C16H12ClN5O3S/c1-25-12-4-2-3-11(8-12)15-19-20-16(26)21(15)18-9-10-5-6-13(17)14(7-10)22(23)24/h2-9H,1H3,(H,20,26)/b18-9+. The largest absolute Gasteiger partial charge is 0.497 e. The van der Waals surface area contributed by atoms with E-state index in [0.717, 1.165) is 5.56 Å². The van der Waals surface area contributed by atoms with Crippen LogP contribution >= 0.6 is 23.8 Å². The van der Waals surface area contributed by atoms with Crippen molar-refractivity contribution >= 4 is 35.7 Å². The molecule has 10 heteroatoms. The van der Waals surface area contributed by atoms with Crippen LogP contribution in [-0.2, 0) is 0 Å². The molecule has 0 saturated carbocycles. The van der Waals surface area contributed by atoms with E-state index in [-0.39, 0.29) is 15.5 Å². The van der Waals surface area contributed by atoms with E-state index >= 15 is 0 Å². The van der Waals surface area contributed by atoms with Crippen LogP contribution in [-0.4, -0.2) is 33.1 Å². The number of methoxy groups -OCH3 is 1. The molecule has 2 aromatic carbocycles. The number of hydrogen-bond acceptors (Lipinski definition) is 6. The maximum absolute atomic E-state index is 11.0. The van der Waals surface area contributed by atoms with Gasteiger partial charge in [0.2, 0.25) is 4.77 Å². The van der Waals surface area contributed by atoms with E-state index in [4.69, 9.17) is 28.6 Å². The molecule has 0 saturated heterocycles. The van der Waals surface area contributed by atoms with E-state index < -0.39 is 4.92 Å². The van der Waals surface area contributed by atoms with Crippen LogP contribution in [0.3, 0.4) is 0 Å². The van der Waals surface area contributed by atoms with Gasteiger partial charge in [-0.2, -0.15) is 14.9 Å². The number of halogens is 1. The fraction of sp³-hybridized carbons (Fsp3) is 0.0625. The molecule has 8 nitrogen and oxygen atoms in total. The normalized spacial score (nSPS) is 11.0. The quantitative estimate of drug-likeness (QED) is 0.307. The first-order valence-electron chi connectivity index (χ1n) is 7.29. The van der Waals surface area contributed by atoms with Gasteiger partial charge < -0.3 is 4.74 Å². The van der Waals surface area contributed by atoms with Crippen molar-refractivity contribution in [2.24, 2.45) is 5.10 Å². The Morgan fingerprint density at radius 2 is 2.19 bits per heavy atom. The Balaban J connectivity index is 2.00. The summed E-state index contributed by atoms with van der Waals surface area (Å²) < 4.78 is 6.91. The Bertz CT molecular complexity index is 1060. The SMILES string of the molecule is COc1cccc(-c2n[nH]c(=S)n2/N=C/c2ccc(Cl)c([N+](=O)[O-])c2)c1. The molecular weight excluding hydrogens is 378 g/mol. The lowest BCUT2D eigenvalue weighted by atomic mass is 10.2. The molecule has 3 aromatic rings. The number of H-pyrrole nitrogens is 1. The summed E-state index contributed by atoms with van der Waals surface area (Å²) in [5.74, 6) is 1.15. The van der Waals surface area contributed by atoms with Crippen molar-refractivity contribution in [2.75, 3.05) is 7.11 Å². The molecule has 0 unspecified atom stereocenters. The third-order valence-electron chi connectivity index (χ3n) is 3.47. The van der Waals surface area contributed by atoms with Crippen molar-refractivity contribution in [3.05, 3.63) is 67.9 Å². The highest BCUT2D eigenvalue weighted by Crippen LogP contribution is 2.25. The predicted molar refractivity (Wildman–Crippen MR) is 100 cm³/mol. The Morgan fingerprint density at radius 1 is 1.38 bits per heavy atom. The van der Waals surface area contributed by atoms with Gasteiger partial charge in [0.05, 0.1) is 18.2 Å². The van der Waals surface area contributed by atoms with Crippen LogP contribution in [0.5, 0.6) is 5.75 Å². The number of nitro benzene ring substituents is 1. The lowest BCUT2D eigenvalue weighted by Crippen LogP contribution is -1.96. The number of nitrogens with one attached hydrogen (secondary N) is 1. The summed E-state index contributed by atoms with van der Waals surface area (Å²) in [6.45, 7) is 0. The van der Waals surface area contributed by atoms with Gasteiger partial charge in [0.15, 0.2) is 5.82 Å². The Kier molecular flexibility index (Phi) is 5.10. The second kappa shape index (κ2) is 7.46. The van der Waals surface area contributed by atoms with Crippen molar-refractivity contribution in [3.8, 4) is 17.1 Å². The number of rotatable bonds is 5. The fourth-order valence-corrected chi connectivity index (χ4v) is 2.59. The molecule has 0 aliphatic carbocycles. The van der Waals surface area contributed by atoms with Gasteiger partial charge in [0, 0.05) is 17.2 Å². The third-order valence-corrected chi connectivity index (χ3v) is 4.05. The van der Waals surface area contributed by atoms with Crippen LogP contribution in [0.2, 0.25) is 5.02 Å². The first-order chi connectivity index (χ1) is 12.5. The van der Waals surface area contributed by atoms with E-state index in [1.165, 1.54) is 23.0 Å². The smallest absolute Gasteiger partial charge is 0.288 e. The van der Waals surface area contributed by atoms with Gasteiger partial charge in [-0.05, 0) is 30.4 Å². The minimum absolute atomic E-state index is 0.0594. The first-order valence-corrected chi connectivity index (χ1v) is 8.08. The topological polar surface area (TPSA) is 98.3 Å². The van der Waals surface area contributed by atoms with E-state index in [0.29, 0.717) is 17.1 Å². The zero-order valence-electron chi connectivity index (χ0n) is 13.4. The predicted octanol–water partition coefficient (Wildman–Crippen LogP) is 4.06. The van der Waals surface area contributed by atoms with Gasteiger partial charge in [-0.25, -0.2) is 5.10 Å². The molecule has 1 aromatic heterocycles.